The first-order valence-corrected chi connectivity index (χ1v) is 11.4. The molecular formula is C23H32O2S. The molecule has 2 fully saturated rings. The van der Waals surface area contributed by atoms with Crippen LogP contribution < -0.4 is 0 Å². The van der Waals surface area contributed by atoms with Crippen molar-refractivity contribution >= 4 is 17.7 Å². The number of rotatable bonds is 11. The van der Waals surface area contributed by atoms with E-state index in [2.05, 4.69) is 54.2 Å². The number of thioether (sulfide) groups is 1. The molecule has 1 aromatic carbocycles. The molecule has 1 N–H and O–H groups in total. The van der Waals surface area contributed by atoms with Crippen LogP contribution in [0, 0.1) is 23.7 Å². The number of hydrogen-bond acceptors (Lipinski definition) is 2. The zero-order chi connectivity index (χ0) is 18.2. The maximum Gasteiger partial charge on any atom is 0.303 e. The molecule has 0 spiro atoms. The molecule has 0 amide bonds. The van der Waals surface area contributed by atoms with Crippen molar-refractivity contribution in [3.05, 3.63) is 48.0 Å². The molecule has 1 aromatic rings. The van der Waals surface area contributed by atoms with E-state index in [4.69, 9.17) is 5.11 Å². The highest BCUT2D eigenvalue weighted by Crippen LogP contribution is 2.55. The van der Waals surface area contributed by atoms with Crippen LogP contribution in [-0.4, -0.2) is 16.8 Å². The highest BCUT2D eigenvalue weighted by atomic mass is 32.2. The average molecular weight is 373 g/mol. The first-order valence-electron chi connectivity index (χ1n) is 10.2. The van der Waals surface area contributed by atoms with Gasteiger partial charge in [0, 0.05) is 12.2 Å². The van der Waals surface area contributed by atoms with Crippen molar-refractivity contribution in [1.29, 1.82) is 0 Å². The van der Waals surface area contributed by atoms with E-state index in [1.807, 2.05) is 0 Å². The Morgan fingerprint density at radius 2 is 1.88 bits per heavy atom. The van der Waals surface area contributed by atoms with Crippen LogP contribution in [0.5, 0.6) is 0 Å². The van der Waals surface area contributed by atoms with E-state index in [0.717, 1.165) is 42.3 Å². The second kappa shape index (κ2) is 10.2. The molecule has 26 heavy (non-hydrogen) atoms. The first kappa shape index (κ1) is 19.5. The van der Waals surface area contributed by atoms with E-state index in [1.165, 1.54) is 43.4 Å². The summed E-state index contributed by atoms with van der Waals surface area (Å²) < 4.78 is 0. The summed E-state index contributed by atoms with van der Waals surface area (Å²) in [6.07, 6.45) is 13.5. The monoisotopic (exact) mass is 372 g/mol. The number of carbonyl (C=O) groups is 1. The maximum absolute atomic E-state index is 10.6. The molecule has 2 bridgehead atoms. The maximum atomic E-state index is 10.6. The molecule has 2 saturated carbocycles. The van der Waals surface area contributed by atoms with Crippen molar-refractivity contribution in [2.75, 3.05) is 5.75 Å². The molecule has 2 aliphatic carbocycles. The SMILES string of the molecule is O=C(O)CCCC=CC[C@H]1[C@H]2CC[C@H](C2)[C@H]1CCSCc1ccccc1. The van der Waals surface area contributed by atoms with E-state index < -0.39 is 5.97 Å². The van der Waals surface area contributed by atoms with Crippen LogP contribution in [0.1, 0.15) is 56.9 Å². The number of aliphatic carboxylic acids is 1. The van der Waals surface area contributed by atoms with Crippen molar-refractivity contribution in [3.63, 3.8) is 0 Å². The van der Waals surface area contributed by atoms with E-state index in [0.29, 0.717) is 6.42 Å². The van der Waals surface area contributed by atoms with Gasteiger partial charge in [-0.05, 0) is 79.9 Å². The summed E-state index contributed by atoms with van der Waals surface area (Å²) in [6.45, 7) is 0. The lowest BCUT2D eigenvalue weighted by Crippen LogP contribution is -2.22. The van der Waals surface area contributed by atoms with E-state index in [9.17, 15) is 4.79 Å². The molecule has 0 radical (unpaired) electrons. The lowest BCUT2D eigenvalue weighted by molar-refractivity contribution is -0.137. The molecule has 3 rings (SSSR count). The second-order valence-electron chi connectivity index (χ2n) is 7.98. The number of allylic oxidation sites excluding steroid dienone is 2. The summed E-state index contributed by atoms with van der Waals surface area (Å²) in [7, 11) is 0. The third-order valence-corrected chi connectivity index (χ3v) is 7.38. The zero-order valence-electron chi connectivity index (χ0n) is 15.7. The minimum atomic E-state index is -0.681. The van der Waals surface area contributed by atoms with E-state index in [1.54, 1.807) is 0 Å². The van der Waals surface area contributed by atoms with Gasteiger partial charge < -0.3 is 5.11 Å². The third kappa shape index (κ3) is 5.64. The second-order valence-corrected chi connectivity index (χ2v) is 9.09. The Balaban J connectivity index is 1.39. The molecule has 0 heterocycles. The van der Waals surface area contributed by atoms with Crippen LogP contribution in [0.4, 0.5) is 0 Å². The molecule has 0 aliphatic heterocycles. The predicted molar refractivity (Wildman–Crippen MR) is 110 cm³/mol. The number of carboxylic acid groups (broad SMARTS) is 1. The molecule has 2 aliphatic rings. The lowest BCUT2D eigenvalue weighted by atomic mass is 9.76. The van der Waals surface area contributed by atoms with Crippen molar-refractivity contribution < 1.29 is 9.90 Å². The summed E-state index contributed by atoms with van der Waals surface area (Å²) in [5, 5.41) is 8.70. The largest absolute Gasteiger partial charge is 0.481 e. The summed E-state index contributed by atoms with van der Waals surface area (Å²) in [4.78, 5) is 10.6. The Morgan fingerprint density at radius 1 is 1.12 bits per heavy atom. The third-order valence-electron chi connectivity index (χ3n) is 6.32. The fraction of sp³-hybridized carbons (Fsp3) is 0.609. The fourth-order valence-corrected chi connectivity index (χ4v) is 6.08. The Labute approximate surface area is 162 Å². The average Bonchev–Trinajstić information content (AvgIpc) is 3.24. The Kier molecular flexibility index (Phi) is 7.67. The zero-order valence-corrected chi connectivity index (χ0v) is 16.5. The molecule has 2 nitrogen and oxygen atoms in total. The van der Waals surface area contributed by atoms with Gasteiger partial charge in [-0.2, -0.15) is 11.8 Å². The van der Waals surface area contributed by atoms with Gasteiger partial charge in [-0.25, -0.2) is 0 Å². The quantitative estimate of drug-likeness (QED) is 0.372. The van der Waals surface area contributed by atoms with E-state index in [-0.39, 0.29) is 0 Å². The lowest BCUT2D eigenvalue weighted by Gasteiger charge is -2.30. The van der Waals surface area contributed by atoms with Crippen LogP contribution in [0.2, 0.25) is 0 Å². The Bertz CT molecular complexity index is 583. The number of carboxylic acids is 1. The van der Waals surface area contributed by atoms with Gasteiger partial charge >= 0.3 is 5.97 Å². The molecular weight excluding hydrogens is 340 g/mol. The fourth-order valence-electron chi connectivity index (χ4n) is 5.07. The molecule has 3 heteroatoms. The van der Waals surface area contributed by atoms with Gasteiger partial charge in [0.05, 0.1) is 0 Å². The highest BCUT2D eigenvalue weighted by Gasteiger charge is 2.46. The van der Waals surface area contributed by atoms with Crippen molar-refractivity contribution in [1.82, 2.24) is 0 Å². The smallest absolute Gasteiger partial charge is 0.303 e. The van der Waals surface area contributed by atoms with Gasteiger partial charge in [-0.1, -0.05) is 42.5 Å². The van der Waals surface area contributed by atoms with Crippen LogP contribution in [0.25, 0.3) is 0 Å². The van der Waals surface area contributed by atoms with Crippen LogP contribution in [0.3, 0.4) is 0 Å². The first-order chi connectivity index (χ1) is 12.7. The van der Waals surface area contributed by atoms with Gasteiger partial charge in [0.25, 0.3) is 0 Å². The number of benzene rings is 1. The normalized spacial score (nSPS) is 27.4. The van der Waals surface area contributed by atoms with Crippen molar-refractivity contribution in [2.24, 2.45) is 23.7 Å². The summed E-state index contributed by atoms with van der Waals surface area (Å²) >= 11 is 2.09. The molecule has 0 saturated heterocycles. The minimum absolute atomic E-state index is 0.291. The molecule has 4 atom stereocenters. The topological polar surface area (TPSA) is 37.3 Å². The van der Waals surface area contributed by atoms with Crippen molar-refractivity contribution in [2.45, 2.75) is 57.1 Å². The Hall–Kier alpha value is -1.22. The van der Waals surface area contributed by atoms with Gasteiger partial charge in [0.2, 0.25) is 0 Å². The predicted octanol–water partition coefficient (Wildman–Crippen LogP) is 6.17. The number of unbranched alkanes of at least 4 members (excludes halogenated alkanes) is 1. The molecule has 0 unspecified atom stereocenters. The van der Waals surface area contributed by atoms with Crippen LogP contribution in [-0.2, 0) is 10.5 Å². The molecule has 0 aromatic heterocycles. The molecule has 142 valence electrons. The van der Waals surface area contributed by atoms with E-state index >= 15 is 0 Å². The number of fused-ring (bicyclic) bond motifs is 2. The van der Waals surface area contributed by atoms with Crippen LogP contribution in [0.15, 0.2) is 42.5 Å². The number of hydrogen-bond donors (Lipinski definition) is 1. The van der Waals surface area contributed by atoms with Gasteiger partial charge in [0.15, 0.2) is 0 Å². The van der Waals surface area contributed by atoms with Crippen LogP contribution >= 0.6 is 11.8 Å². The van der Waals surface area contributed by atoms with Gasteiger partial charge in [0.1, 0.15) is 0 Å². The summed E-state index contributed by atoms with van der Waals surface area (Å²) in [6, 6.07) is 10.8. The highest BCUT2D eigenvalue weighted by molar-refractivity contribution is 7.98. The summed E-state index contributed by atoms with van der Waals surface area (Å²) in [5.74, 6) is 5.45. The minimum Gasteiger partial charge on any atom is -0.481 e. The van der Waals surface area contributed by atoms with Crippen molar-refractivity contribution in [3.8, 4) is 0 Å². The van der Waals surface area contributed by atoms with Gasteiger partial charge in [-0.3, -0.25) is 4.79 Å². The standard InChI is InChI=1S/C23H32O2S/c24-23(25)11-7-2-1-6-10-21-19-12-13-20(16-19)22(21)14-15-26-17-18-8-4-3-5-9-18/h1,3-6,8-9,19-22H,2,7,10-17H2,(H,24,25)/t19-,20+,21-,22+/m0/s1. The Morgan fingerprint density at radius 3 is 2.65 bits per heavy atom. The summed E-state index contributed by atoms with van der Waals surface area (Å²) in [5.41, 5.74) is 1.44. The van der Waals surface area contributed by atoms with Gasteiger partial charge in [-0.15, -0.1) is 0 Å².